The van der Waals surface area contributed by atoms with Gasteiger partial charge in [-0.25, -0.2) is 0 Å². The summed E-state index contributed by atoms with van der Waals surface area (Å²) in [5, 5.41) is 1.32. The van der Waals surface area contributed by atoms with E-state index in [0.29, 0.717) is 32.3 Å². The van der Waals surface area contributed by atoms with Gasteiger partial charge in [-0.1, -0.05) is 40.9 Å². The molecule has 0 spiro atoms. The molecule has 0 aromatic heterocycles. The molecule has 0 radical (unpaired) electrons. The minimum absolute atomic E-state index is 0.410. The molecule has 0 saturated carbocycles. The summed E-state index contributed by atoms with van der Waals surface area (Å²) in [6, 6.07) is 10.1. The smallest absolute Gasteiger partial charge is 0.168 e. The van der Waals surface area contributed by atoms with Gasteiger partial charge >= 0.3 is 0 Å². The number of nitrogens with two attached hydrogens (primary N) is 1. The van der Waals surface area contributed by atoms with E-state index in [9.17, 15) is 0 Å². The van der Waals surface area contributed by atoms with Crippen molar-refractivity contribution in [3.63, 3.8) is 0 Å². The van der Waals surface area contributed by atoms with Crippen LogP contribution in [0, 0.1) is 0 Å². The van der Waals surface area contributed by atoms with Crippen molar-refractivity contribution in [1.29, 1.82) is 0 Å². The van der Waals surface area contributed by atoms with E-state index in [1.54, 1.807) is 36.4 Å². The number of halogens is 3. The number of hydrogen-bond donors (Lipinski definition) is 1. The highest BCUT2D eigenvalue weighted by molar-refractivity contribution is 6.42. The number of hydrogen-bond acceptors (Lipinski definition) is 2. The second-order valence-corrected chi connectivity index (χ2v) is 4.56. The van der Waals surface area contributed by atoms with Gasteiger partial charge in [0.1, 0.15) is 5.75 Å². The molecule has 2 aromatic carbocycles. The fourth-order valence-electron chi connectivity index (χ4n) is 1.29. The van der Waals surface area contributed by atoms with Crippen molar-refractivity contribution in [2.45, 2.75) is 0 Å². The van der Waals surface area contributed by atoms with E-state index in [2.05, 4.69) is 0 Å². The maximum atomic E-state index is 5.99. The highest BCUT2D eigenvalue weighted by Crippen LogP contribution is 2.36. The van der Waals surface area contributed by atoms with Crippen LogP contribution in [-0.4, -0.2) is 0 Å². The quantitative estimate of drug-likeness (QED) is 0.787. The number of benzene rings is 2. The normalized spacial score (nSPS) is 10.3. The average molecular weight is 289 g/mol. The third kappa shape index (κ3) is 2.78. The average Bonchev–Trinajstić information content (AvgIpc) is 2.28. The molecule has 0 atom stereocenters. The van der Waals surface area contributed by atoms with Crippen molar-refractivity contribution in [3.8, 4) is 11.5 Å². The first kappa shape index (κ1) is 12.4. The van der Waals surface area contributed by atoms with Crippen LogP contribution in [0.25, 0.3) is 0 Å². The van der Waals surface area contributed by atoms with Crippen LogP contribution in [0.2, 0.25) is 15.1 Å². The number of para-hydroxylation sites is 1. The molecule has 88 valence electrons. The fourth-order valence-corrected chi connectivity index (χ4v) is 1.80. The van der Waals surface area contributed by atoms with Crippen molar-refractivity contribution in [1.82, 2.24) is 0 Å². The van der Waals surface area contributed by atoms with Gasteiger partial charge in [0.05, 0.1) is 20.8 Å². The van der Waals surface area contributed by atoms with Crippen LogP contribution >= 0.6 is 34.8 Å². The number of anilines is 1. The number of rotatable bonds is 2. The van der Waals surface area contributed by atoms with Crippen molar-refractivity contribution in [2.75, 3.05) is 5.73 Å². The predicted molar refractivity (Wildman–Crippen MR) is 72.4 cm³/mol. The summed E-state index contributed by atoms with van der Waals surface area (Å²) in [6.07, 6.45) is 0. The van der Waals surface area contributed by atoms with E-state index >= 15 is 0 Å². The van der Waals surface area contributed by atoms with E-state index in [1.165, 1.54) is 0 Å². The molecular formula is C12H8Cl3NO. The van der Waals surface area contributed by atoms with Crippen LogP contribution in [0.4, 0.5) is 5.69 Å². The summed E-state index contributed by atoms with van der Waals surface area (Å²) in [4.78, 5) is 0. The zero-order valence-electron chi connectivity index (χ0n) is 8.58. The van der Waals surface area contributed by atoms with Crippen molar-refractivity contribution in [2.24, 2.45) is 0 Å². The van der Waals surface area contributed by atoms with Crippen molar-refractivity contribution in [3.05, 3.63) is 51.5 Å². The van der Waals surface area contributed by atoms with E-state index in [-0.39, 0.29) is 0 Å². The SMILES string of the molecule is Nc1cccc(Cl)c1Oc1ccc(Cl)c(Cl)c1. The molecule has 17 heavy (non-hydrogen) atoms. The molecule has 2 rings (SSSR count). The highest BCUT2D eigenvalue weighted by atomic mass is 35.5. The lowest BCUT2D eigenvalue weighted by molar-refractivity contribution is 0.485. The Bertz CT molecular complexity index is 537. The van der Waals surface area contributed by atoms with Crippen LogP contribution < -0.4 is 10.5 Å². The molecule has 0 amide bonds. The van der Waals surface area contributed by atoms with Crippen molar-refractivity contribution >= 4 is 40.5 Å². The zero-order valence-corrected chi connectivity index (χ0v) is 10.9. The molecule has 0 bridgehead atoms. The predicted octanol–water partition coefficient (Wildman–Crippen LogP) is 5.02. The molecule has 0 fully saturated rings. The van der Waals surface area contributed by atoms with Crippen LogP contribution in [0.15, 0.2) is 36.4 Å². The number of nitrogen functional groups attached to an aromatic ring is 1. The van der Waals surface area contributed by atoms with Crippen LogP contribution in [-0.2, 0) is 0 Å². The van der Waals surface area contributed by atoms with Gasteiger partial charge in [0, 0.05) is 6.07 Å². The second kappa shape index (κ2) is 5.05. The van der Waals surface area contributed by atoms with Gasteiger partial charge in [0.15, 0.2) is 5.75 Å². The van der Waals surface area contributed by atoms with E-state index < -0.39 is 0 Å². The van der Waals surface area contributed by atoms with Crippen molar-refractivity contribution < 1.29 is 4.74 Å². The summed E-state index contributed by atoms with van der Waals surface area (Å²) in [5.74, 6) is 0.937. The van der Waals surface area contributed by atoms with Gasteiger partial charge in [-0.05, 0) is 24.3 Å². The van der Waals surface area contributed by atoms with Crippen LogP contribution in [0.3, 0.4) is 0 Å². The lowest BCUT2D eigenvalue weighted by Crippen LogP contribution is -1.92. The van der Waals surface area contributed by atoms with Gasteiger partial charge in [-0.3, -0.25) is 0 Å². The molecule has 2 N–H and O–H groups in total. The molecule has 5 heteroatoms. The topological polar surface area (TPSA) is 35.2 Å². The number of ether oxygens (including phenoxy) is 1. The van der Waals surface area contributed by atoms with Gasteiger partial charge in [-0.15, -0.1) is 0 Å². The highest BCUT2D eigenvalue weighted by Gasteiger charge is 2.08. The minimum Gasteiger partial charge on any atom is -0.454 e. The molecule has 2 aromatic rings. The minimum atomic E-state index is 0.410. The third-order valence-corrected chi connectivity index (χ3v) is 3.15. The zero-order chi connectivity index (χ0) is 12.4. The Kier molecular flexibility index (Phi) is 3.67. The van der Waals surface area contributed by atoms with E-state index in [4.69, 9.17) is 45.3 Å². The Hall–Kier alpha value is -1.09. The first-order valence-corrected chi connectivity index (χ1v) is 5.88. The lowest BCUT2D eigenvalue weighted by Gasteiger charge is -2.10. The first-order chi connectivity index (χ1) is 8.08. The standard InChI is InChI=1S/C12H8Cl3NO/c13-8-5-4-7(6-10(8)15)17-12-9(14)2-1-3-11(12)16/h1-6H,16H2. The summed E-state index contributed by atoms with van der Waals surface area (Å²) >= 11 is 17.7. The largest absolute Gasteiger partial charge is 0.454 e. The molecule has 0 aliphatic rings. The molecule has 0 unspecified atom stereocenters. The summed E-state index contributed by atoms with van der Waals surface area (Å²) in [6.45, 7) is 0. The maximum Gasteiger partial charge on any atom is 0.168 e. The Morgan fingerprint density at radius 2 is 1.65 bits per heavy atom. The van der Waals surface area contributed by atoms with E-state index in [0.717, 1.165) is 0 Å². The van der Waals surface area contributed by atoms with Crippen LogP contribution in [0.1, 0.15) is 0 Å². The Morgan fingerprint density at radius 1 is 0.882 bits per heavy atom. The van der Waals surface area contributed by atoms with E-state index in [1.807, 2.05) is 0 Å². The Balaban J connectivity index is 2.35. The maximum absolute atomic E-state index is 5.99. The molecule has 0 aliphatic carbocycles. The summed E-state index contributed by atoms with van der Waals surface area (Å²) in [5.41, 5.74) is 6.23. The Morgan fingerprint density at radius 3 is 2.29 bits per heavy atom. The summed E-state index contributed by atoms with van der Waals surface area (Å²) in [7, 11) is 0. The van der Waals surface area contributed by atoms with Crippen LogP contribution in [0.5, 0.6) is 11.5 Å². The fraction of sp³-hybridized carbons (Fsp3) is 0. The van der Waals surface area contributed by atoms with Gasteiger partial charge in [0.2, 0.25) is 0 Å². The first-order valence-electron chi connectivity index (χ1n) is 4.75. The molecule has 2 nitrogen and oxygen atoms in total. The van der Waals surface area contributed by atoms with Gasteiger partial charge in [0.25, 0.3) is 0 Å². The molecule has 0 heterocycles. The van der Waals surface area contributed by atoms with Gasteiger partial charge < -0.3 is 10.5 Å². The Labute approximate surface area is 114 Å². The molecular weight excluding hydrogens is 280 g/mol. The summed E-state index contributed by atoms with van der Waals surface area (Å²) < 4.78 is 5.58. The monoisotopic (exact) mass is 287 g/mol. The lowest BCUT2D eigenvalue weighted by atomic mass is 10.3. The van der Waals surface area contributed by atoms with Gasteiger partial charge in [-0.2, -0.15) is 0 Å². The second-order valence-electron chi connectivity index (χ2n) is 3.34. The third-order valence-electron chi connectivity index (χ3n) is 2.11. The molecule has 0 aliphatic heterocycles. The molecule has 0 saturated heterocycles.